The fourth-order valence-corrected chi connectivity index (χ4v) is 5.21. The number of amidine groups is 1. The summed E-state index contributed by atoms with van der Waals surface area (Å²) < 4.78 is 34.7. The van der Waals surface area contributed by atoms with E-state index in [2.05, 4.69) is 10.1 Å². The largest absolute Gasteiger partial charge is 0.457 e. The van der Waals surface area contributed by atoms with Crippen LogP contribution in [-0.2, 0) is 14.4 Å². The van der Waals surface area contributed by atoms with Gasteiger partial charge in [-0.2, -0.15) is 15.1 Å². The quantitative estimate of drug-likeness (QED) is 0.721. The van der Waals surface area contributed by atoms with Gasteiger partial charge in [0, 0.05) is 5.56 Å². The van der Waals surface area contributed by atoms with Gasteiger partial charge in [0.15, 0.2) is 0 Å². The number of nitrogens with zero attached hydrogens (tertiary/aromatic N) is 3. The lowest BCUT2D eigenvalue weighted by atomic mass is 10.00. The van der Waals surface area contributed by atoms with Crippen LogP contribution >= 0.6 is 11.8 Å². The molecule has 1 amide bonds. The number of carbonyl (C=O) groups is 1. The van der Waals surface area contributed by atoms with Crippen molar-refractivity contribution < 1.29 is 18.3 Å². The van der Waals surface area contributed by atoms with Crippen molar-refractivity contribution in [2.75, 3.05) is 6.54 Å². The van der Waals surface area contributed by atoms with Crippen molar-refractivity contribution in [1.29, 1.82) is 0 Å². The number of halogens is 2. The van der Waals surface area contributed by atoms with Gasteiger partial charge < -0.3 is 10.5 Å². The molecule has 0 radical (unpaired) electrons. The molecule has 2 aliphatic heterocycles. The maximum Gasteiger partial charge on any atom is 0.318 e. The van der Waals surface area contributed by atoms with Crippen molar-refractivity contribution in [3.8, 4) is 0 Å². The molecule has 0 fully saturated rings. The zero-order valence-corrected chi connectivity index (χ0v) is 18.7. The highest BCUT2D eigenvalue weighted by atomic mass is 32.2. The molecule has 168 valence electrons. The van der Waals surface area contributed by atoms with Crippen LogP contribution < -0.4 is 5.73 Å². The van der Waals surface area contributed by atoms with E-state index in [-0.39, 0.29) is 29.0 Å². The predicted molar refractivity (Wildman–Crippen MR) is 121 cm³/mol. The maximum absolute atomic E-state index is 14.7. The third-order valence-electron chi connectivity index (χ3n) is 5.25. The summed E-state index contributed by atoms with van der Waals surface area (Å²) in [6.45, 7) is 4.01. The topological polar surface area (TPSA) is 80.3 Å². The second-order valence-electron chi connectivity index (χ2n) is 8.31. The van der Waals surface area contributed by atoms with Gasteiger partial charge in [0.25, 0.3) is 5.91 Å². The van der Waals surface area contributed by atoms with Crippen LogP contribution in [0.3, 0.4) is 0 Å². The van der Waals surface area contributed by atoms with E-state index in [1.54, 1.807) is 13.8 Å². The van der Waals surface area contributed by atoms with E-state index in [1.807, 2.05) is 30.3 Å². The number of nitrogens with two attached hydrogens (primary N) is 1. The number of carbonyl (C=O) groups excluding carboxylic acids is 1. The number of aliphatic imine (C=N–C) groups is 1. The first kappa shape index (κ1) is 22.4. The monoisotopic (exact) mass is 458 g/mol. The first-order valence-electron chi connectivity index (χ1n) is 10.3. The molecule has 0 saturated carbocycles. The maximum atomic E-state index is 14.7. The second kappa shape index (κ2) is 8.63. The van der Waals surface area contributed by atoms with Crippen molar-refractivity contribution in [2.45, 2.75) is 43.6 Å². The lowest BCUT2D eigenvalue weighted by Crippen LogP contribution is -2.48. The van der Waals surface area contributed by atoms with E-state index < -0.39 is 22.1 Å². The average Bonchev–Trinajstić information content (AvgIpc) is 3.14. The minimum atomic E-state index is -0.902. The van der Waals surface area contributed by atoms with E-state index in [0.717, 1.165) is 23.8 Å². The molecule has 0 bridgehead atoms. The van der Waals surface area contributed by atoms with Gasteiger partial charge in [-0.25, -0.2) is 8.78 Å². The van der Waals surface area contributed by atoms with Crippen LogP contribution in [0, 0.1) is 11.6 Å². The Balaban J connectivity index is 1.89. The number of hydrazone groups is 1. The first-order chi connectivity index (χ1) is 15.2. The summed E-state index contributed by atoms with van der Waals surface area (Å²) in [5, 5.41) is 6.42. The molecule has 9 heteroatoms. The molecule has 2 aromatic carbocycles. The molecule has 2 aliphatic rings. The van der Waals surface area contributed by atoms with Crippen LogP contribution in [0.4, 0.5) is 8.78 Å². The summed E-state index contributed by atoms with van der Waals surface area (Å²) in [6, 6.07) is 12.8. The number of benzene rings is 2. The number of rotatable bonds is 5. The summed E-state index contributed by atoms with van der Waals surface area (Å²) >= 11 is 1.27. The molecule has 0 spiro atoms. The predicted octanol–water partition coefficient (Wildman–Crippen LogP) is 4.35. The molecule has 0 saturated heterocycles. The van der Waals surface area contributed by atoms with Gasteiger partial charge in [0.2, 0.25) is 0 Å². The van der Waals surface area contributed by atoms with Gasteiger partial charge in [-0.1, -0.05) is 42.1 Å². The van der Waals surface area contributed by atoms with Gasteiger partial charge in [-0.05, 0) is 57.0 Å². The van der Waals surface area contributed by atoms with Crippen LogP contribution in [0.2, 0.25) is 0 Å². The Morgan fingerprint density at radius 2 is 1.94 bits per heavy atom. The zero-order valence-electron chi connectivity index (χ0n) is 17.8. The normalized spacial score (nSPS) is 22.4. The fraction of sp³-hybridized carbons (Fsp3) is 0.348. The van der Waals surface area contributed by atoms with Crippen LogP contribution in [0.15, 0.2) is 58.6 Å². The molecule has 1 unspecified atom stereocenters. The van der Waals surface area contributed by atoms with Crippen LogP contribution in [-0.4, -0.2) is 34.1 Å². The van der Waals surface area contributed by atoms with Crippen LogP contribution in [0.1, 0.15) is 44.2 Å². The minimum Gasteiger partial charge on any atom is -0.457 e. The lowest BCUT2D eigenvalue weighted by molar-refractivity contribution is -0.124. The standard InChI is InChI=1S/C23H24F2N4O2S/c1-22(2)14-19(30)27-21(31-22)29-23(11-6-12-26,15-7-4-3-5-8-15)32-20(28-29)17-13-16(24)9-10-18(17)25/h3-5,7-10,13H,6,11-12,14,26H2,1-2H3. The molecule has 6 nitrogen and oxygen atoms in total. The summed E-state index contributed by atoms with van der Waals surface area (Å²) in [4.78, 5) is 15.6. The molecule has 2 N–H and O–H groups in total. The molecule has 2 heterocycles. The lowest BCUT2D eigenvalue weighted by Gasteiger charge is -2.40. The summed E-state index contributed by atoms with van der Waals surface area (Å²) in [5.41, 5.74) is 5.94. The number of thioether (sulfide) groups is 1. The van der Waals surface area contributed by atoms with E-state index in [1.165, 1.54) is 16.8 Å². The Labute approximate surface area is 189 Å². The van der Waals surface area contributed by atoms with Gasteiger partial charge in [-0.15, -0.1) is 0 Å². The average molecular weight is 459 g/mol. The first-order valence-corrected chi connectivity index (χ1v) is 11.2. The van der Waals surface area contributed by atoms with E-state index >= 15 is 0 Å². The Bertz CT molecular complexity index is 1090. The number of hydrogen-bond donors (Lipinski definition) is 1. The third-order valence-corrected chi connectivity index (χ3v) is 6.69. The van der Waals surface area contributed by atoms with Gasteiger partial charge in [0.05, 0.1) is 6.42 Å². The molecule has 4 rings (SSSR count). The summed E-state index contributed by atoms with van der Waals surface area (Å²) in [7, 11) is 0. The third kappa shape index (κ3) is 4.27. The van der Waals surface area contributed by atoms with Crippen LogP contribution in [0.25, 0.3) is 0 Å². The Morgan fingerprint density at radius 1 is 1.19 bits per heavy atom. The summed E-state index contributed by atoms with van der Waals surface area (Å²) in [5.74, 6) is -1.50. The Kier molecular flexibility index (Phi) is 6.05. The number of amides is 1. The summed E-state index contributed by atoms with van der Waals surface area (Å²) in [6.07, 6.45) is 1.27. The van der Waals surface area contributed by atoms with Gasteiger partial charge >= 0.3 is 6.02 Å². The van der Waals surface area contributed by atoms with Crippen molar-refractivity contribution in [2.24, 2.45) is 15.8 Å². The highest BCUT2D eigenvalue weighted by molar-refractivity contribution is 8.15. The molecule has 1 atom stereocenters. The van der Waals surface area contributed by atoms with Crippen molar-refractivity contribution in [3.63, 3.8) is 0 Å². The highest BCUT2D eigenvalue weighted by Crippen LogP contribution is 2.51. The van der Waals surface area contributed by atoms with E-state index in [9.17, 15) is 13.6 Å². The molecule has 0 aliphatic carbocycles. The van der Waals surface area contributed by atoms with Crippen molar-refractivity contribution >= 4 is 28.7 Å². The molecular weight excluding hydrogens is 434 g/mol. The number of ether oxygens (including phenoxy) is 1. The number of hydrogen-bond acceptors (Lipinski definition) is 6. The minimum absolute atomic E-state index is 0.0337. The zero-order chi connectivity index (χ0) is 22.9. The van der Waals surface area contributed by atoms with Gasteiger partial charge in [0.1, 0.15) is 27.2 Å². The van der Waals surface area contributed by atoms with E-state index in [4.69, 9.17) is 10.5 Å². The SMILES string of the molecule is CC1(C)CC(=O)N=C(N2N=C(c3cc(F)ccc3F)SC2(CCCN)c2ccccc2)O1. The Hall–Kier alpha value is -2.78. The van der Waals surface area contributed by atoms with Gasteiger partial charge in [-0.3, -0.25) is 4.79 Å². The second-order valence-corrected chi connectivity index (χ2v) is 9.58. The van der Waals surface area contributed by atoms with Crippen LogP contribution in [0.5, 0.6) is 0 Å². The molecule has 32 heavy (non-hydrogen) atoms. The smallest absolute Gasteiger partial charge is 0.318 e. The van der Waals surface area contributed by atoms with Crippen molar-refractivity contribution in [3.05, 3.63) is 71.3 Å². The molecule has 2 aromatic rings. The highest BCUT2D eigenvalue weighted by Gasteiger charge is 2.50. The van der Waals surface area contributed by atoms with Crippen molar-refractivity contribution in [1.82, 2.24) is 5.01 Å². The fourth-order valence-electron chi connectivity index (χ4n) is 3.79. The molecule has 0 aromatic heterocycles. The Morgan fingerprint density at radius 3 is 2.62 bits per heavy atom. The van der Waals surface area contributed by atoms with E-state index in [0.29, 0.717) is 19.4 Å². The molecular formula is C23H24F2N4O2S.